The van der Waals surface area contributed by atoms with Crippen molar-refractivity contribution in [1.82, 2.24) is 10.6 Å². The summed E-state index contributed by atoms with van der Waals surface area (Å²) in [4.78, 5) is 37.9. The van der Waals surface area contributed by atoms with Crippen LogP contribution in [0.5, 0.6) is 0 Å². The Labute approximate surface area is 180 Å². The molecule has 2 aromatic carbocycles. The van der Waals surface area contributed by atoms with E-state index in [1.165, 1.54) is 6.07 Å². The largest absolute Gasteiger partial charge is 0.366 e. The topological polar surface area (TPSA) is 105 Å². The minimum atomic E-state index is -0.443. The van der Waals surface area contributed by atoms with Crippen molar-refractivity contribution in [3.63, 3.8) is 0 Å². The molecule has 1 saturated heterocycles. The number of benzene rings is 2. The van der Waals surface area contributed by atoms with Gasteiger partial charge in [-0.1, -0.05) is 30.3 Å². The highest BCUT2D eigenvalue weighted by Crippen LogP contribution is 2.33. The summed E-state index contributed by atoms with van der Waals surface area (Å²) < 4.78 is 0. The lowest BCUT2D eigenvalue weighted by molar-refractivity contribution is -0.384. The van der Waals surface area contributed by atoms with E-state index in [0.29, 0.717) is 43.7 Å². The fraction of sp³-hybridized carbons (Fsp3) is 0.391. The molecule has 2 amide bonds. The van der Waals surface area contributed by atoms with Gasteiger partial charge in [0, 0.05) is 43.2 Å². The Bertz CT molecular complexity index is 967. The van der Waals surface area contributed by atoms with Crippen LogP contribution in [0.25, 0.3) is 0 Å². The van der Waals surface area contributed by atoms with Gasteiger partial charge >= 0.3 is 0 Å². The second kappa shape index (κ2) is 9.16. The van der Waals surface area contributed by atoms with E-state index in [0.717, 1.165) is 18.4 Å². The third kappa shape index (κ3) is 5.20. The number of nitrogens with zero attached hydrogens (tertiary/aromatic N) is 2. The molecule has 0 unspecified atom stereocenters. The van der Waals surface area contributed by atoms with Gasteiger partial charge in [-0.25, -0.2) is 0 Å². The molecule has 162 valence electrons. The first-order valence-corrected chi connectivity index (χ1v) is 10.7. The number of nitro groups is 1. The summed E-state index contributed by atoms with van der Waals surface area (Å²) in [6, 6.07) is 14.6. The number of hydrogen-bond acceptors (Lipinski definition) is 5. The highest BCUT2D eigenvalue weighted by Gasteiger charge is 2.30. The number of hydrogen-bond donors (Lipinski definition) is 2. The number of piperidine rings is 1. The second-order valence-electron chi connectivity index (χ2n) is 8.17. The Hall–Kier alpha value is -3.42. The van der Waals surface area contributed by atoms with Crippen molar-refractivity contribution in [2.45, 2.75) is 38.3 Å². The lowest BCUT2D eigenvalue weighted by Crippen LogP contribution is -2.40. The van der Waals surface area contributed by atoms with Crippen LogP contribution in [0.4, 0.5) is 11.4 Å². The first kappa shape index (κ1) is 20.8. The molecule has 1 saturated carbocycles. The van der Waals surface area contributed by atoms with E-state index < -0.39 is 4.92 Å². The van der Waals surface area contributed by atoms with Gasteiger partial charge in [-0.3, -0.25) is 19.7 Å². The average molecular weight is 422 g/mol. The Morgan fingerprint density at radius 3 is 2.39 bits per heavy atom. The molecule has 2 N–H and O–H groups in total. The summed E-state index contributed by atoms with van der Waals surface area (Å²) in [7, 11) is 0. The quantitative estimate of drug-likeness (QED) is 0.527. The molecule has 31 heavy (non-hydrogen) atoms. The fourth-order valence-corrected chi connectivity index (χ4v) is 3.89. The van der Waals surface area contributed by atoms with Crippen LogP contribution in [0.2, 0.25) is 0 Å². The Morgan fingerprint density at radius 2 is 1.74 bits per heavy atom. The number of carbonyl (C=O) groups is 2. The number of anilines is 1. The Morgan fingerprint density at radius 1 is 1.03 bits per heavy atom. The number of amides is 2. The molecule has 8 heteroatoms. The van der Waals surface area contributed by atoms with Gasteiger partial charge in [0.25, 0.3) is 11.6 Å². The SMILES string of the molecule is O=C(NC1CC1)c1ccc(N2CCC(C(=O)NCc3ccccc3)CC2)c([N+](=O)[O-])c1. The maximum Gasteiger partial charge on any atom is 0.293 e. The number of nitro benzene ring substituents is 1. The van der Waals surface area contributed by atoms with Gasteiger partial charge in [-0.15, -0.1) is 0 Å². The van der Waals surface area contributed by atoms with Crippen molar-refractivity contribution < 1.29 is 14.5 Å². The molecular formula is C23H26N4O4. The zero-order valence-corrected chi connectivity index (χ0v) is 17.3. The predicted octanol–water partition coefficient (Wildman–Crippen LogP) is 3.02. The van der Waals surface area contributed by atoms with Gasteiger partial charge in [-0.05, 0) is 43.4 Å². The molecule has 8 nitrogen and oxygen atoms in total. The standard InChI is InChI=1S/C23H26N4O4/c28-22(24-15-16-4-2-1-3-5-16)17-10-12-26(13-11-17)20-9-6-18(14-21(20)27(30)31)23(29)25-19-7-8-19/h1-6,9,14,17,19H,7-8,10-13,15H2,(H,24,28)(H,25,29). The molecule has 0 atom stereocenters. The molecule has 0 radical (unpaired) electrons. The molecular weight excluding hydrogens is 396 g/mol. The van der Waals surface area contributed by atoms with Crippen LogP contribution in [0.15, 0.2) is 48.5 Å². The number of nitrogens with one attached hydrogen (secondary N) is 2. The molecule has 0 spiro atoms. The molecule has 1 heterocycles. The number of carbonyl (C=O) groups excluding carboxylic acids is 2. The van der Waals surface area contributed by atoms with E-state index in [9.17, 15) is 19.7 Å². The molecule has 1 aliphatic heterocycles. The summed E-state index contributed by atoms with van der Waals surface area (Å²) in [5, 5.41) is 17.5. The lowest BCUT2D eigenvalue weighted by Gasteiger charge is -2.32. The first-order chi connectivity index (χ1) is 15.0. The molecule has 4 rings (SSSR count). The number of rotatable bonds is 7. The van der Waals surface area contributed by atoms with Crippen molar-refractivity contribution in [3.8, 4) is 0 Å². The lowest BCUT2D eigenvalue weighted by atomic mass is 9.95. The van der Waals surface area contributed by atoms with E-state index in [2.05, 4.69) is 10.6 Å². The van der Waals surface area contributed by atoms with Crippen LogP contribution in [0.3, 0.4) is 0 Å². The van der Waals surface area contributed by atoms with Crippen LogP contribution >= 0.6 is 0 Å². The minimum absolute atomic E-state index is 0.0186. The first-order valence-electron chi connectivity index (χ1n) is 10.7. The molecule has 0 aromatic heterocycles. The monoisotopic (exact) mass is 422 g/mol. The zero-order chi connectivity index (χ0) is 21.8. The van der Waals surface area contributed by atoms with Crippen LogP contribution < -0.4 is 15.5 Å². The van der Waals surface area contributed by atoms with E-state index in [1.807, 2.05) is 35.2 Å². The Balaban J connectivity index is 1.36. The summed E-state index contributed by atoms with van der Waals surface area (Å²) >= 11 is 0. The third-order valence-electron chi connectivity index (χ3n) is 5.86. The van der Waals surface area contributed by atoms with Crippen molar-refractivity contribution in [2.24, 2.45) is 5.92 Å². The zero-order valence-electron chi connectivity index (χ0n) is 17.3. The maximum absolute atomic E-state index is 12.5. The van der Waals surface area contributed by atoms with Gasteiger partial charge in [0.2, 0.25) is 5.91 Å². The average Bonchev–Trinajstić information content (AvgIpc) is 3.62. The molecule has 1 aliphatic carbocycles. The molecule has 2 aliphatic rings. The van der Waals surface area contributed by atoms with Crippen molar-refractivity contribution in [2.75, 3.05) is 18.0 Å². The smallest absolute Gasteiger partial charge is 0.293 e. The minimum Gasteiger partial charge on any atom is -0.366 e. The maximum atomic E-state index is 12.5. The van der Waals surface area contributed by atoms with Crippen LogP contribution in [0.1, 0.15) is 41.6 Å². The summed E-state index contributed by atoms with van der Waals surface area (Å²) in [6.45, 7) is 1.60. The summed E-state index contributed by atoms with van der Waals surface area (Å²) in [6.07, 6.45) is 3.17. The predicted molar refractivity (Wildman–Crippen MR) is 117 cm³/mol. The normalized spacial score (nSPS) is 16.6. The third-order valence-corrected chi connectivity index (χ3v) is 5.86. The molecule has 0 bridgehead atoms. The van der Waals surface area contributed by atoms with Gasteiger partial charge < -0.3 is 15.5 Å². The van der Waals surface area contributed by atoms with Crippen molar-refractivity contribution in [3.05, 3.63) is 69.8 Å². The van der Waals surface area contributed by atoms with E-state index in [4.69, 9.17) is 0 Å². The van der Waals surface area contributed by atoms with Crippen molar-refractivity contribution in [1.29, 1.82) is 0 Å². The second-order valence-corrected chi connectivity index (χ2v) is 8.17. The summed E-state index contributed by atoms with van der Waals surface area (Å²) in [5.74, 6) is -0.362. The molecule has 2 fully saturated rings. The van der Waals surface area contributed by atoms with E-state index in [1.54, 1.807) is 12.1 Å². The van der Waals surface area contributed by atoms with Gasteiger partial charge in [0.1, 0.15) is 5.69 Å². The highest BCUT2D eigenvalue weighted by atomic mass is 16.6. The fourth-order valence-electron chi connectivity index (χ4n) is 3.89. The van der Waals surface area contributed by atoms with E-state index in [-0.39, 0.29) is 29.5 Å². The van der Waals surface area contributed by atoms with Crippen LogP contribution in [0, 0.1) is 16.0 Å². The highest BCUT2D eigenvalue weighted by molar-refractivity contribution is 5.96. The van der Waals surface area contributed by atoms with Gasteiger partial charge in [0.05, 0.1) is 4.92 Å². The summed E-state index contributed by atoms with van der Waals surface area (Å²) in [5.41, 5.74) is 1.78. The van der Waals surface area contributed by atoms with Crippen LogP contribution in [-0.4, -0.2) is 35.9 Å². The van der Waals surface area contributed by atoms with E-state index >= 15 is 0 Å². The van der Waals surface area contributed by atoms with Gasteiger partial charge in [0.15, 0.2) is 0 Å². The molecule has 2 aromatic rings. The van der Waals surface area contributed by atoms with Crippen molar-refractivity contribution >= 4 is 23.2 Å². The van der Waals surface area contributed by atoms with Crippen LogP contribution in [-0.2, 0) is 11.3 Å². The Kier molecular flexibility index (Phi) is 6.16. The van der Waals surface area contributed by atoms with Gasteiger partial charge in [-0.2, -0.15) is 0 Å².